The molecule has 1 heterocycles. The number of hydrogen-bond donors (Lipinski definition) is 0. The van der Waals surface area contributed by atoms with Gasteiger partial charge in [0.1, 0.15) is 0 Å². The fourth-order valence-corrected chi connectivity index (χ4v) is 1.67. The SMILES string of the molecule is C[C@@H]1CN(C)C[C@H](C)N1C. The molecule has 10 heavy (non-hydrogen) atoms. The van der Waals surface area contributed by atoms with Crippen LogP contribution in [0.4, 0.5) is 0 Å². The van der Waals surface area contributed by atoms with Crippen molar-refractivity contribution in [3.05, 3.63) is 0 Å². The van der Waals surface area contributed by atoms with Gasteiger partial charge in [-0.15, -0.1) is 0 Å². The minimum Gasteiger partial charge on any atom is -0.303 e. The topological polar surface area (TPSA) is 6.48 Å². The van der Waals surface area contributed by atoms with Crippen molar-refractivity contribution < 1.29 is 0 Å². The van der Waals surface area contributed by atoms with Crippen LogP contribution in [0.1, 0.15) is 13.8 Å². The van der Waals surface area contributed by atoms with E-state index in [1.807, 2.05) is 0 Å². The molecular formula is C8H18N2. The van der Waals surface area contributed by atoms with Crippen LogP contribution < -0.4 is 0 Å². The lowest BCUT2D eigenvalue weighted by atomic mass is 10.1. The van der Waals surface area contributed by atoms with Crippen LogP contribution in [0, 0.1) is 0 Å². The van der Waals surface area contributed by atoms with Gasteiger partial charge < -0.3 is 4.90 Å². The van der Waals surface area contributed by atoms with Gasteiger partial charge in [0.2, 0.25) is 0 Å². The first-order valence-electron chi connectivity index (χ1n) is 4.01. The van der Waals surface area contributed by atoms with E-state index in [-0.39, 0.29) is 0 Å². The first kappa shape index (κ1) is 8.02. The van der Waals surface area contributed by atoms with Crippen molar-refractivity contribution in [2.24, 2.45) is 0 Å². The van der Waals surface area contributed by atoms with E-state index in [0.29, 0.717) is 12.1 Å². The quantitative estimate of drug-likeness (QED) is 0.490. The van der Waals surface area contributed by atoms with Crippen LogP contribution in [0.3, 0.4) is 0 Å². The Bertz CT molecular complexity index is 102. The molecule has 0 saturated carbocycles. The monoisotopic (exact) mass is 142 g/mol. The minimum absolute atomic E-state index is 0.716. The van der Waals surface area contributed by atoms with Crippen molar-refractivity contribution >= 4 is 0 Å². The average molecular weight is 142 g/mol. The van der Waals surface area contributed by atoms with Crippen LogP contribution in [0.2, 0.25) is 0 Å². The van der Waals surface area contributed by atoms with Gasteiger partial charge in [-0.25, -0.2) is 0 Å². The molecule has 0 aromatic rings. The lowest BCUT2D eigenvalue weighted by Crippen LogP contribution is -2.53. The second-order valence-electron chi connectivity index (χ2n) is 3.58. The molecule has 1 fully saturated rings. The van der Waals surface area contributed by atoms with Crippen LogP contribution in [0.25, 0.3) is 0 Å². The molecule has 0 spiro atoms. The smallest absolute Gasteiger partial charge is 0.0195 e. The van der Waals surface area contributed by atoms with Gasteiger partial charge in [-0.1, -0.05) is 0 Å². The highest BCUT2D eigenvalue weighted by Gasteiger charge is 2.23. The maximum Gasteiger partial charge on any atom is 0.0195 e. The molecule has 0 aromatic carbocycles. The van der Waals surface area contributed by atoms with E-state index in [0.717, 1.165) is 0 Å². The van der Waals surface area contributed by atoms with Crippen molar-refractivity contribution in [2.75, 3.05) is 27.2 Å². The normalized spacial score (nSPS) is 38.4. The third-order valence-electron chi connectivity index (χ3n) is 2.54. The van der Waals surface area contributed by atoms with E-state index in [4.69, 9.17) is 0 Å². The van der Waals surface area contributed by atoms with Gasteiger partial charge in [-0.3, -0.25) is 4.90 Å². The maximum atomic E-state index is 2.44. The van der Waals surface area contributed by atoms with Gasteiger partial charge in [0.05, 0.1) is 0 Å². The molecule has 1 saturated heterocycles. The Balaban J connectivity index is 2.49. The van der Waals surface area contributed by atoms with Crippen LogP contribution in [0.15, 0.2) is 0 Å². The number of nitrogens with zero attached hydrogens (tertiary/aromatic N) is 2. The summed E-state index contributed by atoms with van der Waals surface area (Å²) < 4.78 is 0. The van der Waals surface area contributed by atoms with Gasteiger partial charge in [0.15, 0.2) is 0 Å². The molecule has 0 aliphatic carbocycles. The van der Waals surface area contributed by atoms with Crippen LogP contribution in [0.5, 0.6) is 0 Å². The summed E-state index contributed by atoms with van der Waals surface area (Å²) in [5, 5.41) is 0. The third kappa shape index (κ3) is 1.50. The zero-order valence-electron chi connectivity index (χ0n) is 7.46. The first-order chi connectivity index (χ1) is 4.61. The van der Waals surface area contributed by atoms with Gasteiger partial charge in [-0.2, -0.15) is 0 Å². The Morgan fingerprint density at radius 1 is 1.00 bits per heavy atom. The molecule has 0 radical (unpaired) electrons. The zero-order chi connectivity index (χ0) is 7.72. The van der Waals surface area contributed by atoms with Crippen molar-refractivity contribution in [3.8, 4) is 0 Å². The Morgan fingerprint density at radius 3 is 1.80 bits per heavy atom. The Labute approximate surface area is 63.8 Å². The summed E-state index contributed by atoms with van der Waals surface area (Å²) >= 11 is 0. The van der Waals surface area contributed by atoms with Crippen molar-refractivity contribution in [1.29, 1.82) is 0 Å². The highest BCUT2D eigenvalue weighted by molar-refractivity contribution is 4.80. The molecule has 2 atom stereocenters. The zero-order valence-corrected chi connectivity index (χ0v) is 7.46. The number of rotatable bonds is 0. The fourth-order valence-electron chi connectivity index (χ4n) is 1.67. The number of hydrogen-bond acceptors (Lipinski definition) is 2. The summed E-state index contributed by atoms with van der Waals surface area (Å²) in [4.78, 5) is 4.84. The fraction of sp³-hybridized carbons (Fsp3) is 1.00. The van der Waals surface area contributed by atoms with Gasteiger partial charge in [-0.05, 0) is 27.9 Å². The maximum absolute atomic E-state index is 2.44. The van der Waals surface area contributed by atoms with Gasteiger partial charge >= 0.3 is 0 Å². The summed E-state index contributed by atoms with van der Waals surface area (Å²) in [5.41, 5.74) is 0. The molecule has 2 nitrogen and oxygen atoms in total. The van der Waals surface area contributed by atoms with Crippen LogP contribution in [-0.2, 0) is 0 Å². The first-order valence-corrected chi connectivity index (χ1v) is 4.01. The second kappa shape index (κ2) is 2.89. The molecule has 1 aliphatic heterocycles. The molecule has 0 unspecified atom stereocenters. The van der Waals surface area contributed by atoms with Crippen LogP contribution >= 0.6 is 0 Å². The summed E-state index contributed by atoms with van der Waals surface area (Å²) in [6.07, 6.45) is 0. The Kier molecular flexibility index (Phi) is 2.32. The van der Waals surface area contributed by atoms with Crippen molar-refractivity contribution in [2.45, 2.75) is 25.9 Å². The second-order valence-corrected chi connectivity index (χ2v) is 3.58. The van der Waals surface area contributed by atoms with E-state index in [2.05, 4.69) is 37.7 Å². The van der Waals surface area contributed by atoms with Crippen LogP contribution in [-0.4, -0.2) is 49.1 Å². The molecule has 60 valence electrons. The molecule has 0 amide bonds. The third-order valence-corrected chi connectivity index (χ3v) is 2.54. The number of likely N-dealkylation sites (N-methyl/N-ethyl adjacent to an activating group) is 2. The van der Waals surface area contributed by atoms with Crippen molar-refractivity contribution in [1.82, 2.24) is 9.80 Å². The van der Waals surface area contributed by atoms with E-state index in [1.54, 1.807) is 0 Å². The molecule has 1 rings (SSSR count). The summed E-state index contributed by atoms with van der Waals surface area (Å²) in [7, 11) is 4.41. The summed E-state index contributed by atoms with van der Waals surface area (Å²) in [6.45, 7) is 6.99. The van der Waals surface area contributed by atoms with Crippen molar-refractivity contribution in [3.63, 3.8) is 0 Å². The largest absolute Gasteiger partial charge is 0.303 e. The highest BCUT2D eigenvalue weighted by Crippen LogP contribution is 2.10. The van der Waals surface area contributed by atoms with E-state index in [1.165, 1.54) is 13.1 Å². The summed E-state index contributed by atoms with van der Waals surface area (Å²) in [5.74, 6) is 0. The van der Waals surface area contributed by atoms with E-state index in [9.17, 15) is 0 Å². The molecular weight excluding hydrogens is 124 g/mol. The molecule has 2 heteroatoms. The minimum atomic E-state index is 0.716. The molecule has 0 bridgehead atoms. The summed E-state index contributed by atoms with van der Waals surface area (Å²) in [6, 6.07) is 1.43. The highest BCUT2D eigenvalue weighted by atomic mass is 15.3. The standard InChI is InChI=1S/C8H18N2/c1-7-5-9(3)6-8(2)10(7)4/h7-8H,5-6H2,1-4H3/t7-,8+. The molecule has 0 aromatic heterocycles. The van der Waals surface area contributed by atoms with E-state index >= 15 is 0 Å². The Hall–Kier alpha value is -0.0800. The predicted octanol–water partition coefficient (Wildman–Crippen LogP) is 0.641. The molecule has 0 N–H and O–H groups in total. The predicted molar refractivity (Wildman–Crippen MR) is 44.2 cm³/mol. The number of piperazine rings is 1. The lowest BCUT2D eigenvalue weighted by molar-refractivity contribution is 0.0761. The lowest BCUT2D eigenvalue weighted by Gasteiger charge is -2.40. The van der Waals surface area contributed by atoms with Gasteiger partial charge in [0.25, 0.3) is 0 Å². The van der Waals surface area contributed by atoms with Gasteiger partial charge in [0, 0.05) is 25.2 Å². The van der Waals surface area contributed by atoms with E-state index < -0.39 is 0 Å². The Morgan fingerprint density at radius 2 is 1.40 bits per heavy atom. The molecule has 1 aliphatic rings. The average Bonchev–Trinajstić information content (AvgIpc) is 1.82.